The first-order chi connectivity index (χ1) is 11.5. The maximum absolute atomic E-state index is 12.3. The number of hydrogen-bond acceptors (Lipinski definition) is 3. The molecule has 0 aliphatic heterocycles. The summed E-state index contributed by atoms with van der Waals surface area (Å²) in [4.78, 5) is 26.0. The third-order valence-corrected chi connectivity index (χ3v) is 3.93. The minimum atomic E-state index is -0.0529. The van der Waals surface area contributed by atoms with Crippen LogP contribution in [0.3, 0.4) is 0 Å². The van der Waals surface area contributed by atoms with Gasteiger partial charge in [-0.1, -0.05) is 48.0 Å². The van der Waals surface area contributed by atoms with E-state index in [0.717, 1.165) is 16.9 Å². The van der Waals surface area contributed by atoms with Gasteiger partial charge in [-0.25, -0.2) is 0 Å². The van der Waals surface area contributed by atoms with Gasteiger partial charge in [-0.15, -0.1) is 0 Å². The first-order valence-corrected chi connectivity index (χ1v) is 7.97. The number of aryl methyl sites for hydroxylation is 1. The summed E-state index contributed by atoms with van der Waals surface area (Å²) in [7, 11) is 3.37. The fourth-order valence-corrected chi connectivity index (χ4v) is 2.55. The molecule has 0 aliphatic rings. The van der Waals surface area contributed by atoms with E-state index in [0.29, 0.717) is 12.1 Å². The topological polar surface area (TPSA) is 46.6 Å². The van der Waals surface area contributed by atoms with Gasteiger partial charge in [0.2, 0.25) is 5.91 Å². The Kier molecular flexibility index (Phi) is 6.13. The lowest BCUT2D eigenvalue weighted by atomic mass is 10.1. The van der Waals surface area contributed by atoms with Crippen LogP contribution in [-0.2, 0) is 11.3 Å². The molecule has 2 aromatic rings. The Hall–Kier alpha value is -2.62. The van der Waals surface area contributed by atoms with E-state index in [9.17, 15) is 9.59 Å². The number of carbonyl (C=O) groups excluding carboxylic acids is 2. The predicted octanol–water partition coefficient (Wildman–Crippen LogP) is 3.63. The van der Waals surface area contributed by atoms with Crippen LogP contribution in [0.4, 0.5) is 0 Å². The molecule has 0 aromatic heterocycles. The van der Waals surface area contributed by atoms with E-state index >= 15 is 0 Å². The van der Waals surface area contributed by atoms with Gasteiger partial charge < -0.3 is 9.64 Å². The monoisotopic (exact) mass is 325 g/mol. The van der Waals surface area contributed by atoms with Crippen LogP contribution in [-0.4, -0.2) is 30.7 Å². The van der Waals surface area contributed by atoms with E-state index in [1.807, 2.05) is 43.3 Å². The van der Waals surface area contributed by atoms with Crippen molar-refractivity contribution in [3.05, 3.63) is 65.2 Å². The average molecular weight is 325 g/mol. The average Bonchev–Trinajstić information content (AvgIpc) is 2.60. The molecule has 0 saturated carbocycles. The van der Waals surface area contributed by atoms with Gasteiger partial charge >= 0.3 is 0 Å². The van der Waals surface area contributed by atoms with Gasteiger partial charge in [0, 0.05) is 37.6 Å². The summed E-state index contributed by atoms with van der Waals surface area (Å²) < 4.78 is 5.34. The molecule has 0 bridgehead atoms. The van der Waals surface area contributed by atoms with E-state index in [1.165, 1.54) is 0 Å². The highest BCUT2D eigenvalue weighted by atomic mass is 16.5. The molecule has 0 fully saturated rings. The summed E-state index contributed by atoms with van der Waals surface area (Å²) in [5.74, 6) is 0.703. The highest BCUT2D eigenvalue weighted by Crippen LogP contribution is 2.21. The summed E-state index contributed by atoms with van der Waals surface area (Å²) >= 11 is 0. The van der Waals surface area contributed by atoms with Gasteiger partial charge in [0.1, 0.15) is 5.75 Å². The second-order valence-corrected chi connectivity index (χ2v) is 5.85. The summed E-state index contributed by atoms with van der Waals surface area (Å²) in [6, 6.07) is 15.0. The molecule has 2 aromatic carbocycles. The van der Waals surface area contributed by atoms with Crippen molar-refractivity contribution in [3.63, 3.8) is 0 Å². The Morgan fingerprint density at radius 1 is 1.04 bits per heavy atom. The number of hydrogen-bond donors (Lipinski definition) is 0. The van der Waals surface area contributed by atoms with E-state index in [4.69, 9.17) is 4.74 Å². The molecule has 0 radical (unpaired) electrons. The van der Waals surface area contributed by atoms with Gasteiger partial charge in [-0.2, -0.15) is 0 Å². The highest BCUT2D eigenvalue weighted by molar-refractivity contribution is 5.97. The van der Waals surface area contributed by atoms with Gasteiger partial charge in [0.25, 0.3) is 0 Å². The number of amides is 1. The van der Waals surface area contributed by atoms with Gasteiger partial charge in [-0.05, 0) is 13.0 Å². The van der Waals surface area contributed by atoms with Crippen LogP contribution in [0, 0.1) is 6.92 Å². The lowest BCUT2D eigenvalue weighted by molar-refractivity contribution is -0.130. The van der Waals surface area contributed by atoms with Crippen molar-refractivity contribution < 1.29 is 14.3 Å². The number of ether oxygens (including phenoxy) is 1. The number of carbonyl (C=O) groups is 2. The van der Waals surface area contributed by atoms with Crippen molar-refractivity contribution in [2.45, 2.75) is 26.3 Å². The third-order valence-electron chi connectivity index (χ3n) is 3.93. The molecule has 4 heteroatoms. The normalized spacial score (nSPS) is 10.3. The number of benzene rings is 2. The fraction of sp³-hybridized carbons (Fsp3) is 0.300. The predicted molar refractivity (Wildman–Crippen MR) is 94.2 cm³/mol. The van der Waals surface area contributed by atoms with Gasteiger partial charge in [0.15, 0.2) is 5.78 Å². The Labute approximate surface area is 143 Å². The maximum Gasteiger partial charge on any atom is 0.223 e. The molecule has 2 rings (SSSR count). The smallest absolute Gasteiger partial charge is 0.223 e. The molecule has 0 heterocycles. The van der Waals surface area contributed by atoms with Crippen molar-refractivity contribution in [1.29, 1.82) is 0 Å². The van der Waals surface area contributed by atoms with Crippen LogP contribution in [0.15, 0.2) is 48.5 Å². The zero-order valence-corrected chi connectivity index (χ0v) is 14.4. The number of methoxy groups -OCH3 is 1. The van der Waals surface area contributed by atoms with E-state index < -0.39 is 0 Å². The van der Waals surface area contributed by atoms with Crippen LogP contribution in [0.25, 0.3) is 0 Å². The lowest BCUT2D eigenvalue weighted by Crippen LogP contribution is -2.26. The summed E-state index contributed by atoms with van der Waals surface area (Å²) in [6.45, 7) is 2.46. The van der Waals surface area contributed by atoms with Crippen LogP contribution >= 0.6 is 0 Å². The Bertz CT molecular complexity index is 710. The SMILES string of the molecule is COc1ccc(C)cc1CN(C)C(=O)CCC(=O)c1ccccc1. The van der Waals surface area contributed by atoms with E-state index in [-0.39, 0.29) is 24.5 Å². The molecular weight excluding hydrogens is 302 g/mol. The van der Waals surface area contributed by atoms with Crippen molar-refractivity contribution >= 4 is 11.7 Å². The van der Waals surface area contributed by atoms with Crippen molar-refractivity contribution in [1.82, 2.24) is 4.90 Å². The molecule has 0 unspecified atom stereocenters. The second-order valence-electron chi connectivity index (χ2n) is 5.85. The molecule has 0 N–H and O–H groups in total. The number of ketones is 1. The van der Waals surface area contributed by atoms with Crippen LogP contribution in [0.2, 0.25) is 0 Å². The lowest BCUT2D eigenvalue weighted by Gasteiger charge is -2.19. The first kappa shape index (κ1) is 17.7. The third kappa shape index (κ3) is 4.69. The molecule has 0 saturated heterocycles. The van der Waals surface area contributed by atoms with Crippen molar-refractivity contribution in [3.8, 4) is 5.75 Å². The maximum atomic E-state index is 12.3. The number of nitrogens with zero attached hydrogens (tertiary/aromatic N) is 1. The zero-order valence-electron chi connectivity index (χ0n) is 14.4. The minimum Gasteiger partial charge on any atom is -0.496 e. The molecular formula is C20H23NO3. The van der Waals surface area contributed by atoms with Crippen LogP contribution in [0.5, 0.6) is 5.75 Å². The molecule has 24 heavy (non-hydrogen) atoms. The Morgan fingerprint density at radius 2 is 1.75 bits per heavy atom. The molecule has 0 spiro atoms. The molecule has 1 amide bonds. The van der Waals surface area contributed by atoms with Crippen LogP contribution in [0.1, 0.15) is 34.3 Å². The van der Waals surface area contributed by atoms with Gasteiger partial charge in [0.05, 0.1) is 7.11 Å². The molecule has 0 atom stereocenters. The molecule has 0 aliphatic carbocycles. The first-order valence-electron chi connectivity index (χ1n) is 7.97. The van der Waals surface area contributed by atoms with Crippen LogP contribution < -0.4 is 4.74 Å². The minimum absolute atomic E-state index is 0.00881. The van der Waals surface area contributed by atoms with Gasteiger partial charge in [-0.3, -0.25) is 9.59 Å². The summed E-state index contributed by atoms with van der Waals surface area (Å²) in [5, 5.41) is 0. The quantitative estimate of drug-likeness (QED) is 0.730. The Balaban J connectivity index is 1.93. The van der Waals surface area contributed by atoms with E-state index in [1.54, 1.807) is 31.2 Å². The summed E-state index contributed by atoms with van der Waals surface area (Å²) in [6.07, 6.45) is 0.427. The fourth-order valence-electron chi connectivity index (χ4n) is 2.55. The summed E-state index contributed by atoms with van der Waals surface area (Å²) in [5.41, 5.74) is 2.72. The second kappa shape index (κ2) is 8.29. The molecule has 4 nitrogen and oxygen atoms in total. The largest absolute Gasteiger partial charge is 0.496 e. The van der Waals surface area contributed by atoms with Crippen molar-refractivity contribution in [2.24, 2.45) is 0 Å². The van der Waals surface area contributed by atoms with E-state index in [2.05, 4.69) is 0 Å². The molecule has 126 valence electrons. The standard InChI is InChI=1S/C20H23NO3/c1-15-9-11-19(24-3)17(13-15)14-21(2)20(23)12-10-18(22)16-7-5-4-6-8-16/h4-9,11,13H,10,12,14H2,1-3H3. The number of rotatable bonds is 7. The Morgan fingerprint density at radius 3 is 2.42 bits per heavy atom. The van der Waals surface area contributed by atoms with Crippen molar-refractivity contribution in [2.75, 3.05) is 14.2 Å². The highest BCUT2D eigenvalue weighted by Gasteiger charge is 2.14. The zero-order chi connectivity index (χ0) is 17.5. The number of Topliss-reactive ketones (excluding diaryl/α,β-unsaturated/α-hetero) is 1.